The molecule has 0 saturated heterocycles. The van der Waals surface area contributed by atoms with E-state index in [1.54, 1.807) is 32.0 Å². The van der Waals surface area contributed by atoms with Crippen molar-refractivity contribution in [3.8, 4) is 0 Å². The number of nitrogens with one attached hydrogen (secondary N) is 1. The molecule has 0 bridgehead atoms. The Kier molecular flexibility index (Phi) is 6.20. The predicted octanol–water partition coefficient (Wildman–Crippen LogP) is 7.77. The number of carbonyl (C=O) groups is 1. The SMILES string of the molecule is CC(C)(C(=O)Nc1nc2ccc(Cl)cc2s1)C(c1ccccc1)c1ccc(C(F)(F)F)cc1. The zero-order valence-electron chi connectivity index (χ0n) is 17.8. The van der Waals surface area contributed by atoms with Crippen molar-refractivity contribution in [1.82, 2.24) is 4.98 Å². The first kappa shape index (κ1) is 23.3. The number of carbonyl (C=O) groups excluding carboxylic acids is 1. The van der Waals surface area contributed by atoms with Gasteiger partial charge in [-0.3, -0.25) is 4.79 Å². The normalized spacial score (nSPS) is 13.2. The maximum atomic E-state index is 13.4. The highest BCUT2D eigenvalue weighted by molar-refractivity contribution is 7.22. The van der Waals surface area contributed by atoms with Gasteiger partial charge >= 0.3 is 6.18 Å². The lowest BCUT2D eigenvalue weighted by Gasteiger charge is -2.34. The van der Waals surface area contributed by atoms with Crippen molar-refractivity contribution >= 4 is 44.2 Å². The summed E-state index contributed by atoms with van der Waals surface area (Å²) < 4.78 is 40.1. The van der Waals surface area contributed by atoms with E-state index in [1.807, 2.05) is 30.3 Å². The van der Waals surface area contributed by atoms with E-state index in [0.717, 1.165) is 27.9 Å². The van der Waals surface area contributed by atoms with Gasteiger partial charge in [-0.1, -0.05) is 79.2 Å². The molecule has 1 atom stereocenters. The molecule has 0 aliphatic heterocycles. The second-order valence-corrected chi connectivity index (χ2v) is 9.74. The molecule has 1 N–H and O–H groups in total. The van der Waals surface area contributed by atoms with Crippen molar-refractivity contribution in [2.45, 2.75) is 25.9 Å². The van der Waals surface area contributed by atoms with E-state index < -0.39 is 23.1 Å². The summed E-state index contributed by atoms with van der Waals surface area (Å²) >= 11 is 7.36. The van der Waals surface area contributed by atoms with Gasteiger partial charge in [0.25, 0.3) is 0 Å². The third-order valence-electron chi connectivity index (χ3n) is 5.58. The van der Waals surface area contributed by atoms with Crippen LogP contribution in [0.25, 0.3) is 10.2 Å². The number of fused-ring (bicyclic) bond motifs is 1. The van der Waals surface area contributed by atoms with E-state index in [4.69, 9.17) is 11.6 Å². The van der Waals surface area contributed by atoms with Crippen molar-refractivity contribution in [1.29, 1.82) is 0 Å². The van der Waals surface area contributed by atoms with Crippen LogP contribution < -0.4 is 5.32 Å². The quantitative estimate of drug-likeness (QED) is 0.312. The fraction of sp³-hybridized carbons (Fsp3) is 0.200. The van der Waals surface area contributed by atoms with Crippen LogP contribution in [0.15, 0.2) is 72.8 Å². The highest BCUT2D eigenvalue weighted by Gasteiger charge is 2.40. The number of nitrogens with zero attached hydrogens (tertiary/aromatic N) is 1. The number of alkyl halides is 3. The number of amides is 1. The number of anilines is 1. The molecule has 4 aromatic rings. The molecule has 170 valence electrons. The second kappa shape index (κ2) is 8.80. The molecule has 0 spiro atoms. The van der Waals surface area contributed by atoms with Gasteiger partial charge in [-0.2, -0.15) is 13.2 Å². The fourth-order valence-corrected chi connectivity index (χ4v) is 5.01. The third-order valence-corrected chi connectivity index (χ3v) is 6.75. The molecule has 1 heterocycles. The molecule has 0 saturated carbocycles. The van der Waals surface area contributed by atoms with Gasteiger partial charge in [0.1, 0.15) is 0 Å². The molecular formula is C25H20ClF3N2OS. The van der Waals surface area contributed by atoms with Crippen LogP contribution in [-0.4, -0.2) is 10.9 Å². The molecule has 1 aromatic heterocycles. The van der Waals surface area contributed by atoms with E-state index in [1.165, 1.54) is 23.5 Å². The second-order valence-electron chi connectivity index (χ2n) is 8.27. The monoisotopic (exact) mass is 488 g/mol. The molecule has 8 heteroatoms. The largest absolute Gasteiger partial charge is 0.416 e. The molecule has 1 amide bonds. The van der Waals surface area contributed by atoms with Gasteiger partial charge < -0.3 is 5.32 Å². The summed E-state index contributed by atoms with van der Waals surface area (Å²) in [5, 5.41) is 3.91. The topological polar surface area (TPSA) is 42.0 Å². The van der Waals surface area contributed by atoms with Crippen LogP contribution in [0, 0.1) is 5.41 Å². The molecule has 33 heavy (non-hydrogen) atoms. The summed E-state index contributed by atoms with van der Waals surface area (Å²) in [5.74, 6) is -0.772. The van der Waals surface area contributed by atoms with Crippen LogP contribution in [0.1, 0.15) is 36.5 Å². The van der Waals surface area contributed by atoms with Gasteiger partial charge in [0.15, 0.2) is 5.13 Å². The number of hydrogen-bond donors (Lipinski definition) is 1. The molecule has 4 rings (SSSR count). The molecule has 0 radical (unpaired) electrons. The summed E-state index contributed by atoms with van der Waals surface area (Å²) in [6, 6.07) is 19.6. The standard InChI is InChI=1S/C25H20ClF3N2OS/c1-24(2,22(32)31-23-30-19-13-12-18(26)14-20(19)33-23)21(15-6-4-3-5-7-15)16-8-10-17(11-9-16)25(27,28)29/h3-14,21H,1-2H3,(H,30,31,32). The van der Waals surface area contributed by atoms with E-state index in [0.29, 0.717) is 15.7 Å². The Morgan fingerprint density at radius 3 is 2.24 bits per heavy atom. The van der Waals surface area contributed by atoms with Gasteiger partial charge in [-0.05, 0) is 41.5 Å². The minimum Gasteiger partial charge on any atom is -0.301 e. The Labute approximate surface area is 198 Å². The Morgan fingerprint density at radius 2 is 1.61 bits per heavy atom. The van der Waals surface area contributed by atoms with Crippen LogP contribution in [0.2, 0.25) is 5.02 Å². The summed E-state index contributed by atoms with van der Waals surface area (Å²) in [5.41, 5.74) is 0.434. The summed E-state index contributed by atoms with van der Waals surface area (Å²) in [6.45, 7) is 3.56. The maximum Gasteiger partial charge on any atom is 0.416 e. The molecule has 0 fully saturated rings. The third kappa shape index (κ3) is 4.89. The minimum atomic E-state index is -4.43. The molecule has 0 aliphatic rings. The maximum absolute atomic E-state index is 13.4. The van der Waals surface area contributed by atoms with E-state index in [9.17, 15) is 18.0 Å². The fourth-order valence-electron chi connectivity index (χ4n) is 3.88. The number of aromatic nitrogens is 1. The number of halogens is 4. The van der Waals surface area contributed by atoms with Gasteiger partial charge in [-0.15, -0.1) is 0 Å². The first-order valence-corrected chi connectivity index (χ1v) is 11.3. The lowest BCUT2D eigenvalue weighted by atomic mass is 9.70. The number of hydrogen-bond acceptors (Lipinski definition) is 3. The van der Waals surface area contributed by atoms with Crippen LogP contribution in [0.3, 0.4) is 0 Å². The average Bonchev–Trinajstić information content (AvgIpc) is 3.15. The van der Waals surface area contributed by atoms with Gasteiger partial charge in [-0.25, -0.2) is 4.98 Å². The van der Waals surface area contributed by atoms with E-state index in [-0.39, 0.29) is 5.91 Å². The van der Waals surface area contributed by atoms with Gasteiger partial charge in [0.2, 0.25) is 5.91 Å². The average molecular weight is 489 g/mol. The van der Waals surface area contributed by atoms with Crippen molar-refractivity contribution in [3.05, 3.63) is 94.5 Å². The number of thiazole rings is 1. The lowest BCUT2D eigenvalue weighted by molar-refractivity contribution is -0.137. The van der Waals surface area contributed by atoms with Crippen LogP contribution >= 0.6 is 22.9 Å². The Morgan fingerprint density at radius 1 is 0.970 bits per heavy atom. The highest BCUT2D eigenvalue weighted by atomic mass is 35.5. The Bertz CT molecular complexity index is 1280. The molecule has 3 aromatic carbocycles. The van der Waals surface area contributed by atoms with Crippen LogP contribution in [-0.2, 0) is 11.0 Å². The Balaban J connectivity index is 1.69. The van der Waals surface area contributed by atoms with Crippen LogP contribution in [0.4, 0.5) is 18.3 Å². The van der Waals surface area contributed by atoms with Crippen LogP contribution in [0.5, 0.6) is 0 Å². The Hall–Kier alpha value is -2.90. The van der Waals surface area contributed by atoms with E-state index >= 15 is 0 Å². The van der Waals surface area contributed by atoms with Gasteiger partial charge in [0, 0.05) is 10.9 Å². The summed E-state index contributed by atoms with van der Waals surface area (Å²) in [6.07, 6.45) is -4.43. The summed E-state index contributed by atoms with van der Waals surface area (Å²) in [4.78, 5) is 17.9. The first-order chi connectivity index (χ1) is 15.6. The molecule has 1 unspecified atom stereocenters. The first-order valence-electron chi connectivity index (χ1n) is 10.2. The predicted molar refractivity (Wildman–Crippen MR) is 127 cm³/mol. The molecule has 3 nitrogen and oxygen atoms in total. The number of benzene rings is 3. The number of rotatable bonds is 5. The van der Waals surface area contributed by atoms with E-state index in [2.05, 4.69) is 10.3 Å². The lowest BCUT2D eigenvalue weighted by Crippen LogP contribution is -2.37. The molecule has 0 aliphatic carbocycles. The zero-order chi connectivity index (χ0) is 23.8. The highest BCUT2D eigenvalue weighted by Crippen LogP contribution is 2.43. The van der Waals surface area contributed by atoms with Crippen molar-refractivity contribution < 1.29 is 18.0 Å². The van der Waals surface area contributed by atoms with Crippen molar-refractivity contribution in [2.75, 3.05) is 5.32 Å². The smallest absolute Gasteiger partial charge is 0.301 e. The van der Waals surface area contributed by atoms with Crippen molar-refractivity contribution in [3.63, 3.8) is 0 Å². The summed E-state index contributed by atoms with van der Waals surface area (Å²) in [7, 11) is 0. The van der Waals surface area contributed by atoms with Crippen molar-refractivity contribution in [2.24, 2.45) is 5.41 Å². The zero-order valence-corrected chi connectivity index (χ0v) is 19.4. The minimum absolute atomic E-state index is 0.290. The van der Waals surface area contributed by atoms with Gasteiger partial charge in [0.05, 0.1) is 21.2 Å². The molecular weight excluding hydrogens is 469 g/mol.